The topological polar surface area (TPSA) is 60.0 Å². The number of piperidine rings is 1. The molecule has 0 saturated carbocycles. The molecule has 1 amide bonds. The predicted molar refractivity (Wildman–Crippen MR) is 147 cm³/mol. The Labute approximate surface area is 215 Å². The van der Waals surface area contributed by atoms with Gasteiger partial charge in [0, 0.05) is 45.3 Å². The number of halogens is 1. The zero-order valence-corrected chi connectivity index (χ0v) is 22.4. The van der Waals surface area contributed by atoms with Crippen molar-refractivity contribution < 1.29 is 4.79 Å². The van der Waals surface area contributed by atoms with Crippen molar-refractivity contribution in [2.45, 2.75) is 51.9 Å². The molecule has 1 saturated heterocycles. The lowest BCUT2D eigenvalue weighted by atomic mass is 9.97. The van der Waals surface area contributed by atoms with Gasteiger partial charge in [-0.1, -0.05) is 60.7 Å². The van der Waals surface area contributed by atoms with Gasteiger partial charge in [-0.3, -0.25) is 14.7 Å². The van der Waals surface area contributed by atoms with Crippen molar-refractivity contribution in [3.63, 3.8) is 0 Å². The van der Waals surface area contributed by atoms with E-state index in [1.807, 2.05) is 30.0 Å². The molecule has 2 N–H and O–H groups in total. The molecule has 0 aromatic heterocycles. The van der Waals surface area contributed by atoms with E-state index in [4.69, 9.17) is 0 Å². The summed E-state index contributed by atoms with van der Waals surface area (Å²) in [5, 5.41) is 6.74. The normalized spacial score (nSPS) is 18.8. The molecular formula is C26H38IN5O. The van der Waals surface area contributed by atoms with E-state index in [9.17, 15) is 4.79 Å². The van der Waals surface area contributed by atoms with Crippen LogP contribution in [0.3, 0.4) is 0 Å². The molecule has 0 aliphatic carbocycles. The Morgan fingerprint density at radius 3 is 2.30 bits per heavy atom. The molecular weight excluding hydrogens is 525 g/mol. The van der Waals surface area contributed by atoms with Crippen LogP contribution >= 0.6 is 24.0 Å². The largest absolute Gasteiger partial charge is 0.354 e. The summed E-state index contributed by atoms with van der Waals surface area (Å²) < 4.78 is 0. The van der Waals surface area contributed by atoms with Crippen molar-refractivity contribution in [3.8, 4) is 0 Å². The van der Waals surface area contributed by atoms with Crippen molar-refractivity contribution in [1.29, 1.82) is 0 Å². The third-order valence-corrected chi connectivity index (χ3v) is 6.16. The second-order valence-electron chi connectivity index (χ2n) is 8.49. The summed E-state index contributed by atoms with van der Waals surface area (Å²) in [5.41, 5.74) is 2.50. The van der Waals surface area contributed by atoms with Gasteiger partial charge in [0.25, 0.3) is 0 Å². The standard InChI is InChI=1S/C26H37N5O.HI/c1-4-30(19-22-11-7-5-8-12-22)25(32)18-28-26(27-3)29-24-15-16-31(21(2)17-24)20-23-13-9-6-10-14-23;/h5-14,21,24H,4,15-20H2,1-3H3,(H2,27,28,29);1H. The van der Waals surface area contributed by atoms with E-state index in [-0.39, 0.29) is 36.4 Å². The highest BCUT2D eigenvalue weighted by Gasteiger charge is 2.26. The molecule has 2 aromatic rings. The number of hydrogen-bond donors (Lipinski definition) is 2. The monoisotopic (exact) mass is 563 g/mol. The van der Waals surface area contributed by atoms with Crippen molar-refractivity contribution in [1.82, 2.24) is 20.4 Å². The summed E-state index contributed by atoms with van der Waals surface area (Å²) >= 11 is 0. The minimum absolute atomic E-state index is 0. The summed E-state index contributed by atoms with van der Waals surface area (Å²) in [4.78, 5) is 21.5. The Kier molecular flexibility index (Phi) is 11.7. The Bertz CT molecular complexity index is 862. The van der Waals surface area contributed by atoms with Crippen molar-refractivity contribution in [2.24, 2.45) is 4.99 Å². The minimum atomic E-state index is 0. The molecule has 6 nitrogen and oxygen atoms in total. The number of benzene rings is 2. The third kappa shape index (κ3) is 8.62. The zero-order chi connectivity index (χ0) is 22.8. The Morgan fingerprint density at radius 2 is 1.73 bits per heavy atom. The van der Waals surface area contributed by atoms with Crippen molar-refractivity contribution >= 4 is 35.8 Å². The Hall–Kier alpha value is -2.13. The van der Waals surface area contributed by atoms with Crippen LogP contribution in [0.25, 0.3) is 0 Å². The highest BCUT2D eigenvalue weighted by atomic mass is 127. The summed E-state index contributed by atoms with van der Waals surface area (Å²) in [6, 6.07) is 21.6. The van der Waals surface area contributed by atoms with Crippen molar-refractivity contribution in [2.75, 3.05) is 26.7 Å². The maximum Gasteiger partial charge on any atom is 0.242 e. The van der Waals surface area contributed by atoms with E-state index in [2.05, 4.69) is 69.9 Å². The minimum Gasteiger partial charge on any atom is -0.354 e. The fourth-order valence-corrected chi connectivity index (χ4v) is 4.24. The number of likely N-dealkylation sites (N-methyl/N-ethyl adjacent to an activating group) is 1. The number of nitrogens with one attached hydrogen (secondary N) is 2. The van der Waals surface area contributed by atoms with E-state index in [1.165, 1.54) is 5.56 Å². The van der Waals surface area contributed by atoms with Gasteiger partial charge in [0.05, 0.1) is 6.54 Å². The van der Waals surface area contributed by atoms with Gasteiger partial charge in [0.2, 0.25) is 5.91 Å². The van der Waals surface area contributed by atoms with E-state index in [0.717, 1.165) is 31.5 Å². The van der Waals surface area contributed by atoms with Crippen molar-refractivity contribution in [3.05, 3.63) is 71.8 Å². The third-order valence-electron chi connectivity index (χ3n) is 6.16. The van der Waals surface area contributed by atoms with Crippen LogP contribution in [-0.4, -0.2) is 60.4 Å². The van der Waals surface area contributed by atoms with Crippen LogP contribution in [-0.2, 0) is 17.9 Å². The first-order valence-corrected chi connectivity index (χ1v) is 11.7. The van der Waals surface area contributed by atoms with Gasteiger partial charge in [-0.05, 0) is 37.8 Å². The first-order chi connectivity index (χ1) is 15.6. The van der Waals surface area contributed by atoms with Crippen LogP contribution in [0.15, 0.2) is 65.7 Å². The molecule has 0 spiro atoms. The SMILES string of the molecule is CCN(Cc1ccccc1)C(=O)CNC(=NC)NC1CCN(Cc2ccccc2)C(C)C1.I. The predicted octanol–water partition coefficient (Wildman–Crippen LogP) is 3.87. The van der Waals surface area contributed by atoms with Gasteiger partial charge in [0.1, 0.15) is 0 Å². The number of amides is 1. The van der Waals surface area contributed by atoms with E-state index in [1.54, 1.807) is 7.05 Å². The van der Waals surface area contributed by atoms with Crippen LogP contribution in [0.4, 0.5) is 0 Å². The lowest BCUT2D eigenvalue weighted by molar-refractivity contribution is -0.130. The summed E-state index contributed by atoms with van der Waals surface area (Å²) in [5.74, 6) is 0.771. The van der Waals surface area contributed by atoms with Gasteiger partial charge in [-0.2, -0.15) is 0 Å². The van der Waals surface area contributed by atoms with E-state index < -0.39 is 0 Å². The number of likely N-dealkylation sites (tertiary alicyclic amines) is 1. The Morgan fingerprint density at radius 1 is 1.09 bits per heavy atom. The van der Waals surface area contributed by atoms with Crippen LogP contribution in [0.5, 0.6) is 0 Å². The first-order valence-electron chi connectivity index (χ1n) is 11.7. The molecule has 2 unspecified atom stereocenters. The van der Waals surface area contributed by atoms with E-state index >= 15 is 0 Å². The van der Waals surface area contributed by atoms with Gasteiger partial charge >= 0.3 is 0 Å². The lowest BCUT2D eigenvalue weighted by Gasteiger charge is -2.38. The fourth-order valence-electron chi connectivity index (χ4n) is 4.24. The highest BCUT2D eigenvalue weighted by Crippen LogP contribution is 2.19. The number of carbonyl (C=O) groups excluding carboxylic acids is 1. The Balaban J connectivity index is 0.00000385. The molecule has 0 radical (unpaired) electrons. The molecule has 2 aromatic carbocycles. The van der Waals surface area contributed by atoms with Crippen LogP contribution in [0.1, 0.15) is 37.8 Å². The molecule has 0 bridgehead atoms. The number of hydrogen-bond acceptors (Lipinski definition) is 3. The molecule has 1 fully saturated rings. The lowest BCUT2D eigenvalue weighted by Crippen LogP contribution is -2.52. The average molecular weight is 564 g/mol. The van der Waals surface area contributed by atoms with Crippen LogP contribution in [0, 0.1) is 0 Å². The van der Waals surface area contributed by atoms with Gasteiger partial charge < -0.3 is 15.5 Å². The molecule has 1 aliphatic heterocycles. The molecule has 3 rings (SSSR count). The quantitative estimate of drug-likeness (QED) is 0.291. The average Bonchev–Trinajstić information content (AvgIpc) is 2.83. The van der Waals surface area contributed by atoms with Gasteiger partial charge in [0.15, 0.2) is 5.96 Å². The number of aliphatic imine (C=N–C) groups is 1. The van der Waals surface area contributed by atoms with Crippen LogP contribution in [0.2, 0.25) is 0 Å². The molecule has 1 aliphatic rings. The summed E-state index contributed by atoms with van der Waals surface area (Å²) in [6.07, 6.45) is 2.11. The smallest absolute Gasteiger partial charge is 0.242 e. The van der Waals surface area contributed by atoms with Gasteiger partial charge in [-0.15, -0.1) is 24.0 Å². The number of carbonyl (C=O) groups is 1. The molecule has 33 heavy (non-hydrogen) atoms. The number of nitrogens with zero attached hydrogens (tertiary/aromatic N) is 3. The van der Waals surface area contributed by atoms with Gasteiger partial charge in [-0.25, -0.2) is 0 Å². The maximum atomic E-state index is 12.7. The highest BCUT2D eigenvalue weighted by molar-refractivity contribution is 14.0. The number of rotatable bonds is 8. The number of guanidine groups is 1. The maximum absolute atomic E-state index is 12.7. The first kappa shape index (κ1) is 27.1. The molecule has 180 valence electrons. The zero-order valence-electron chi connectivity index (χ0n) is 20.0. The van der Waals surface area contributed by atoms with Crippen LogP contribution < -0.4 is 10.6 Å². The van der Waals surface area contributed by atoms with E-state index in [0.29, 0.717) is 31.1 Å². The fraction of sp³-hybridized carbons (Fsp3) is 0.462. The molecule has 1 heterocycles. The second-order valence-corrected chi connectivity index (χ2v) is 8.49. The second kappa shape index (κ2) is 14.2. The molecule has 2 atom stereocenters. The molecule has 7 heteroatoms. The summed E-state index contributed by atoms with van der Waals surface area (Å²) in [7, 11) is 1.76. The summed E-state index contributed by atoms with van der Waals surface area (Å²) in [6.45, 7) is 7.88.